The van der Waals surface area contributed by atoms with Crippen LogP contribution < -0.4 is 28.9 Å². The number of carbonyl (C=O) groups is 1. The number of ether oxygens (including phenoxy) is 1. The second-order valence-corrected chi connectivity index (χ2v) is 5.42. The van der Waals surface area contributed by atoms with Crippen molar-refractivity contribution in [2.24, 2.45) is 0 Å². The Morgan fingerprint density at radius 1 is 1.48 bits per heavy atom. The number of benzene rings is 1. The van der Waals surface area contributed by atoms with Gasteiger partial charge in [-0.2, -0.15) is 11.6 Å². The molecular formula is C18H13FLiN3O3S-2. The molecule has 1 aromatic heterocycles. The summed E-state index contributed by atoms with van der Waals surface area (Å²) in [5.74, 6) is 1.16. The molecule has 0 unspecified atom stereocenters. The number of halogens is 1. The Morgan fingerprint density at radius 3 is 2.74 bits per heavy atom. The first-order valence-corrected chi connectivity index (χ1v) is 7.47. The Balaban J connectivity index is 0.00000338. The number of anilines is 1. The van der Waals surface area contributed by atoms with Crippen molar-refractivity contribution in [1.82, 2.24) is 10.2 Å². The van der Waals surface area contributed by atoms with E-state index in [2.05, 4.69) is 21.4 Å². The molecule has 0 saturated heterocycles. The molecule has 9 heteroatoms. The number of nitrogens with zero attached hydrogens (tertiary/aromatic N) is 2. The molecule has 2 aromatic rings. The quantitative estimate of drug-likeness (QED) is 0.244. The molecule has 2 rings (SSSR count). The van der Waals surface area contributed by atoms with Gasteiger partial charge in [0, 0.05) is 0 Å². The first-order chi connectivity index (χ1) is 12.0. The summed E-state index contributed by atoms with van der Waals surface area (Å²) in [4.78, 5) is 23.2. The third-order valence-electron chi connectivity index (χ3n) is 2.96. The Labute approximate surface area is 172 Å². The number of nitrogens with one attached hydrogen (secondary N) is 1. The van der Waals surface area contributed by atoms with Gasteiger partial charge in [-0.05, 0) is 24.3 Å². The Bertz CT molecular complexity index is 919. The van der Waals surface area contributed by atoms with Gasteiger partial charge in [-0.1, -0.05) is 28.5 Å². The maximum atomic E-state index is 13.5. The minimum absolute atomic E-state index is 0. The summed E-state index contributed by atoms with van der Waals surface area (Å²) in [6, 6.07) is 3.61. The van der Waals surface area contributed by atoms with Crippen molar-refractivity contribution in [3.63, 3.8) is 0 Å². The van der Waals surface area contributed by atoms with Crippen molar-refractivity contribution in [1.29, 1.82) is 0 Å². The van der Waals surface area contributed by atoms with E-state index >= 15 is 0 Å². The van der Waals surface area contributed by atoms with Gasteiger partial charge in [0.2, 0.25) is 11.0 Å². The van der Waals surface area contributed by atoms with E-state index in [0.29, 0.717) is 0 Å². The van der Waals surface area contributed by atoms with Crippen LogP contribution in [0.25, 0.3) is 5.57 Å². The van der Waals surface area contributed by atoms with Gasteiger partial charge in [-0.3, -0.25) is 4.79 Å². The predicted molar refractivity (Wildman–Crippen MR) is 97.3 cm³/mol. The topological polar surface area (TPSA) is 81.2 Å². The van der Waals surface area contributed by atoms with Crippen molar-refractivity contribution in [2.45, 2.75) is 0 Å². The van der Waals surface area contributed by atoms with Crippen molar-refractivity contribution >= 4 is 34.2 Å². The molecule has 0 aliphatic carbocycles. The molecule has 0 aliphatic heterocycles. The van der Waals surface area contributed by atoms with E-state index in [4.69, 9.17) is 17.7 Å². The molecule has 27 heavy (non-hydrogen) atoms. The Morgan fingerprint density at radius 2 is 2.19 bits per heavy atom. The summed E-state index contributed by atoms with van der Waals surface area (Å²) in [6.07, 6.45) is 7.49. The molecular weight excluding hydrogens is 364 g/mol. The van der Waals surface area contributed by atoms with Gasteiger partial charge in [-0.25, -0.2) is 11.0 Å². The zero-order valence-electron chi connectivity index (χ0n) is 14.9. The fourth-order valence-electron chi connectivity index (χ4n) is 1.86. The third-order valence-corrected chi connectivity index (χ3v) is 3.73. The van der Waals surface area contributed by atoms with E-state index in [9.17, 15) is 14.0 Å². The number of hydrogen-bond donors (Lipinski definition) is 1. The van der Waals surface area contributed by atoms with Gasteiger partial charge < -0.3 is 22.3 Å². The van der Waals surface area contributed by atoms with Crippen LogP contribution >= 0.6 is 11.3 Å². The molecule has 1 N–H and O–H groups in total. The number of hydrogen-bond acceptors (Lipinski definition) is 6. The molecule has 1 aromatic carbocycles. The zero-order valence-corrected chi connectivity index (χ0v) is 15.7. The third kappa shape index (κ3) is 5.90. The van der Waals surface area contributed by atoms with E-state index in [-0.39, 0.29) is 58.9 Å². The summed E-state index contributed by atoms with van der Waals surface area (Å²) < 4.78 is 18.6. The molecule has 0 radical (unpaired) electrons. The maximum Gasteiger partial charge on any atom is 1.00 e. The van der Waals surface area contributed by atoms with E-state index in [1.54, 1.807) is 0 Å². The van der Waals surface area contributed by atoms with Crippen LogP contribution in [0.15, 0.2) is 29.8 Å². The van der Waals surface area contributed by atoms with Gasteiger partial charge in [-0.15, -0.1) is 16.6 Å². The molecule has 0 bridgehead atoms. The van der Waals surface area contributed by atoms with Gasteiger partial charge in [0.1, 0.15) is 5.82 Å². The summed E-state index contributed by atoms with van der Waals surface area (Å²) in [6.45, 7) is 5.95. The smallest absolute Gasteiger partial charge is 0.509 e. The maximum absolute atomic E-state index is 13.5. The van der Waals surface area contributed by atoms with Crippen molar-refractivity contribution in [3.8, 4) is 18.1 Å². The van der Waals surface area contributed by atoms with Crippen LogP contribution in [0.2, 0.25) is 0 Å². The molecule has 0 saturated carbocycles. The van der Waals surface area contributed by atoms with Crippen LogP contribution in [0.3, 0.4) is 0 Å². The Hall–Kier alpha value is -2.71. The van der Waals surface area contributed by atoms with Gasteiger partial charge >= 0.3 is 18.9 Å². The van der Waals surface area contributed by atoms with E-state index in [1.165, 1.54) is 25.5 Å². The fraction of sp³-hybridized carbons (Fsp3) is 0.0556. The number of allylic oxidation sites excluding steroid dienone is 1. The average Bonchev–Trinajstić information content (AvgIpc) is 3.06. The van der Waals surface area contributed by atoms with E-state index < -0.39 is 11.7 Å². The van der Waals surface area contributed by atoms with E-state index in [1.807, 2.05) is 0 Å². The summed E-state index contributed by atoms with van der Waals surface area (Å²) in [7, 11) is 1.36. The van der Waals surface area contributed by atoms with Crippen LogP contribution in [-0.2, 0) is 9.59 Å². The number of amides is 1. The monoisotopic (exact) mass is 377 g/mol. The SMILES string of the molecule is C#Cc1nnc(NC(=O)/C(=C/[C-]=O)C(=[CH-])c2cc(F)ccc2OC)s1.[CH3-].[Li+]. The molecule has 0 fully saturated rings. The first-order valence-electron chi connectivity index (χ1n) is 6.66. The standard InChI is InChI=1S/C17H10FN3O3S.CH3.Li/c1-4-15-20-21-17(25-15)19-16(23)12(7-8-22)10(2)13-9-11(18)5-6-14(13)24-3;;/h1-2,5-7,9H,3H3,(H,19,21,23);1H3;/q-2;-1;+1/b12-7+;;. The molecule has 0 aliphatic rings. The van der Waals surface area contributed by atoms with Crippen LogP contribution in [0, 0.1) is 32.2 Å². The normalized spacial score (nSPS) is 9.89. The van der Waals surface area contributed by atoms with Gasteiger partial charge in [0.25, 0.3) is 0 Å². The number of rotatable bonds is 6. The van der Waals surface area contributed by atoms with E-state index in [0.717, 1.165) is 23.5 Å². The number of methoxy groups -OCH3 is 1. The summed E-state index contributed by atoms with van der Waals surface area (Å²) in [5, 5.41) is 10.1. The van der Waals surface area contributed by atoms with Crippen LogP contribution in [-0.4, -0.2) is 29.5 Å². The van der Waals surface area contributed by atoms with Crippen molar-refractivity contribution < 1.29 is 37.6 Å². The molecule has 134 valence electrons. The second-order valence-electron chi connectivity index (χ2n) is 4.44. The summed E-state index contributed by atoms with van der Waals surface area (Å²) in [5.41, 5.74) is -0.295. The molecule has 0 spiro atoms. The van der Waals surface area contributed by atoms with Crippen molar-refractivity contribution in [3.05, 3.63) is 60.2 Å². The number of aromatic nitrogens is 2. The Kier molecular flexibility index (Phi) is 9.98. The van der Waals surface area contributed by atoms with Crippen LogP contribution in [0.4, 0.5) is 9.52 Å². The summed E-state index contributed by atoms with van der Waals surface area (Å²) >= 11 is 0.964. The average molecular weight is 377 g/mol. The molecule has 1 amide bonds. The second kappa shape index (κ2) is 11.1. The predicted octanol–water partition coefficient (Wildman–Crippen LogP) is -0.387. The minimum atomic E-state index is -0.758. The largest absolute Gasteiger partial charge is 1.00 e. The minimum Gasteiger partial charge on any atom is -0.509 e. The fourth-order valence-corrected chi connectivity index (χ4v) is 2.41. The number of carbonyl (C=O) groups excluding carboxylic acids is 2. The van der Waals surface area contributed by atoms with Crippen molar-refractivity contribution in [2.75, 3.05) is 12.4 Å². The zero-order chi connectivity index (χ0) is 18.4. The van der Waals surface area contributed by atoms with Gasteiger partial charge in [0.05, 0.1) is 12.9 Å². The molecule has 0 atom stereocenters. The molecule has 1 heterocycles. The van der Waals surface area contributed by atoms with Gasteiger partial charge in [0.15, 0.2) is 5.01 Å². The van der Waals surface area contributed by atoms with Crippen LogP contribution in [0.1, 0.15) is 10.6 Å². The molecule has 6 nitrogen and oxygen atoms in total. The number of terminal acetylenes is 1. The first kappa shape index (κ1) is 24.3. The van der Waals surface area contributed by atoms with Crippen LogP contribution in [0.5, 0.6) is 5.75 Å².